The maximum Gasteiger partial charge on any atom is 0.206 e. The molecule has 0 saturated heterocycles. The monoisotopic (exact) mass is 880 g/mol. The predicted octanol–water partition coefficient (Wildman–Crippen LogP) is -5.10. The van der Waals surface area contributed by atoms with Crippen molar-refractivity contribution in [1.29, 1.82) is 0 Å². The van der Waals surface area contributed by atoms with Crippen LogP contribution in [0.3, 0.4) is 0 Å². The lowest BCUT2D eigenvalue weighted by atomic mass is 10.2. The third-order valence-corrected chi connectivity index (χ3v) is 11.2. The summed E-state index contributed by atoms with van der Waals surface area (Å²) in [6.45, 7) is 0. The molecule has 16 bridgehead atoms. The standard InChI is InChI=1S/2C25H20N6.2ClH/c2*1-30-9-10-31(2)25(30)23-14-22-13-20-6-5-18(27-20)11-16-3-4-17(26-16)12-19-7-8-21(28-19)15-24(23)29-22;;/h2*3-15,29H,1-2H3;2*1H. The van der Waals surface area contributed by atoms with Gasteiger partial charge in [0.05, 0.1) is 56.3 Å². The van der Waals surface area contributed by atoms with Crippen LogP contribution in [0.25, 0.3) is 35.9 Å². The van der Waals surface area contributed by atoms with E-state index in [4.69, 9.17) is 9.98 Å². The van der Waals surface area contributed by atoms with Gasteiger partial charge in [0.15, 0.2) is 0 Å². The second-order valence-electron chi connectivity index (χ2n) is 15.9. The van der Waals surface area contributed by atoms with Crippen molar-refractivity contribution in [2.75, 3.05) is 28.2 Å². The van der Waals surface area contributed by atoms with Gasteiger partial charge in [-0.25, -0.2) is 30.0 Å². The first kappa shape index (κ1) is 41.5. The number of fused-ring (bicyclic) bond motifs is 10. The topological polar surface area (TPSA) is 122 Å². The van der Waals surface area contributed by atoms with Gasteiger partial charge in [-0.2, -0.15) is 0 Å². The van der Waals surface area contributed by atoms with Crippen LogP contribution in [0.4, 0.5) is 0 Å². The third-order valence-electron chi connectivity index (χ3n) is 11.2. The van der Waals surface area contributed by atoms with E-state index in [9.17, 15) is 0 Å². The van der Waals surface area contributed by atoms with Gasteiger partial charge in [0.2, 0.25) is 22.8 Å². The van der Waals surface area contributed by atoms with Gasteiger partial charge >= 0.3 is 0 Å². The highest BCUT2D eigenvalue weighted by molar-refractivity contribution is 6.16. The zero-order chi connectivity index (χ0) is 41.9. The molecule has 12 heterocycles. The Bertz CT molecular complexity index is 3090. The normalized spacial score (nSPS) is 20.0. The molecule has 316 valence electrons. The minimum absolute atomic E-state index is 0. The van der Waals surface area contributed by atoms with E-state index in [1.165, 1.54) is 0 Å². The van der Waals surface area contributed by atoms with E-state index in [0.717, 1.165) is 113 Å². The van der Waals surface area contributed by atoms with Crippen molar-refractivity contribution < 1.29 is 34.8 Å². The van der Waals surface area contributed by atoms with Crippen LogP contribution >= 0.6 is 0 Å². The van der Waals surface area contributed by atoms with Crippen LogP contribution < -0.4 is 55.9 Å². The Labute approximate surface area is 381 Å². The summed E-state index contributed by atoms with van der Waals surface area (Å²) in [6.07, 6.45) is 49.3. The number of hydrogen-bond acceptors (Lipinski definition) is 8. The van der Waals surface area contributed by atoms with Gasteiger partial charge in [0.25, 0.3) is 0 Å². The Balaban J connectivity index is 0.000000157. The molecule has 4 N–H and O–H groups in total. The highest BCUT2D eigenvalue weighted by Gasteiger charge is 2.20. The molecular weight excluding hydrogens is 840 g/mol. The largest absolute Gasteiger partial charge is 1.00 e. The summed E-state index contributed by atoms with van der Waals surface area (Å²) in [7, 11) is 8.26. The number of aromatic nitrogens is 2. The van der Waals surface area contributed by atoms with Crippen molar-refractivity contribution >= 4 is 70.2 Å². The van der Waals surface area contributed by atoms with Gasteiger partial charge in [0, 0.05) is 123 Å². The molecule has 64 heavy (non-hydrogen) atoms. The first-order valence-corrected chi connectivity index (χ1v) is 20.4. The van der Waals surface area contributed by atoms with E-state index in [-0.39, 0.29) is 24.8 Å². The first-order valence-electron chi connectivity index (χ1n) is 20.4. The van der Waals surface area contributed by atoms with E-state index < -0.39 is 0 Å². The number of halogens is 2. The van der Waals surface area contributed by atoms with Crippen LogP contribution in [0.5, 0.6) is 0 Å². The van der Waals surface area contributed by atoms with Crippen LogP contribution in [0.1, 0.15) is 11.4 Å². The Morgan fingerprint density at radius 2 is 0.734 bits per heavy atom. The lowest BCUT2D eigenvalue weighted by Gasteiger charge is -2.17. The van der Waals surface area contributed by atoms with E-state index in [2.05, 4.69) is 175 Å². The van der Waals surface area contributed by atoms with E-state index >= 15 is 0 Å². The Morgan fingerprint density at radius 3 is 1.11 bits per heavy atom. The van der Waals surface area contributed by atoms with Gasteiger partial charge in [-0.3, -0.25) is 0 Å². The van der Waals surface area contributed by atoms with Crippen LogP contribution in [0.2, 0.25) is 0 Å². The fourth-order valence-electron chi connectivity index (χ4n) is 8.35. The molecule has 2 aromatic heterocycles. The molecule has 0 saturated carbocycles. The van der Waals surface area contributed by atoms with Gasteiger partial charge in [0.1, 0.15) is 11.6 Å². The maximum atomic E-state index is 4.74. The van der Waals surface area contributed by atoms with Gasteiger partial charge in [-0.05, 0) is 85.0 Å². The first-order chi connectivity index (χ1) is 30.2. The molecular formula is C50H42Cl2N12. The number of aliphatic imine (C=N–C) groups is 4. The minimum atomic E-state index is 0. The molecule has 10 aliphatic rings. The zero-order valence-corrected chi connectivity index (χ0v) is 36.9. The van der Waals surface area contributed by atoms with Crippen LogP contribution in [0.15, 0.2) is 188 Å². The molecule has 14 heteroatoms. The fourth-order valence-corrected chi connectivity index (χ4v) is 8.35. The van der Waals surface area contributed by atoms with Crippen molar-refractivity contribution in [2.45, 2.75) is 0 Å². The number of hydrogen-bond donors (Lipinski definition) is 4. The molecule has 12 rings (SSSR count). The molecule has 0 spiro atoms. The summed E-state index contributed by atoms with van der Waals surface area (Å²) in [5.74, 6) is 2.24. The summed E-state index contributed by atoms with van der Waals surface area (Å²) >= 11 is 0. The Morgan fingerprint density at radius 1 is 0.391 bits per heavy atom. The third kappa shape index (κ3) is 8.27. The molecule has 0 aromatic carbocycles. The van der Waals surface area contributed by atoms with E-state index in [1.54, 1.807) is 0 Å². The molecule has 2 aromatic rings. The molecule has 10 aliphatic heterocycles. The van der Waals surface area contributed by atoms with Crippen molar-refractivity contribution in [3.63, 3.8) is 0 Å². The minimum Gasteiger partial charge on any atom is -1.00 e. The van der Waals surface area contributed by atoms with Crippen LogP contribution in [-0.2, 0) is 0 Å². The van der Waals surface area contributed by atoms with Crippen molar-refractivity contribution in [1.82, 2.24) is 29.6 Å². The van der Waals surface area contributed by atoms with Crippen LogP contribution in [0, 0.1) is 0 Å². The SMILES string of the molecule is CN1C=CN(C)C1=c1cc2[nH]c1=CC1=[NH+]C(=CC3=NC(=CC4=NC(=C2)C=C4)C=C3)C=C1.CN1C=CN(C)C1=c1cc2[nH]c1=CC1=[NH+]C(=CC3=NC(=CC4=NC(=C2)C=C4)C=C3)C=C1.[Cl-].[Cl-]. The number of rotatable bonds is 0. The summed E-state index contributed by atoms with van der Waals surface area (Å²) in [6, 6.07) is 4.36. The quantitative estimate of drug-likeness (QED) is 0.212. The lowest BCUT2D eigenvalue weighted by molar-refractivity contribution is -0.384. The van der Waals surface area contributed by atoms with Crippen molar-refractivity contribution in [3.8, 4) is 0 Å². The Hall–Kier alpha value is -7.80. The van der Waals surface area contributed by atoms with Gasteiger partial charge in [-0.15, -0.1) is 0 Å². The number of aromatic amines is 2. The predicted molar refractivity (Wildman–Crippen MR) is 250 cm³/mol. The summed E-state index contributed by atoms with van der Waals surface area (Å²) < 4.78 is 0. The second-order valence-corrected chi connectivity index (χ2v) is 15.9. The molecule has 12 nitrogen and oxygen atoms in total. The van der Waals surface area contributed by atoms with E-state index in [0.29, 0.717) is 0 Å². The Kier molecular flexibility index (Phi) is 10.9. The summed E-state index contributed by atoms with van der Waals surface area (Å²) in [5.41, 5.74) is 13.4. The lowest BCUT2D eigenvalue weighted by Crippen LogP contribution is -3.00. The summed E-state index contributed by atoms with van der Waals surface area (Å²) in [5, 5.41) is 4.34. The molecule has 0 unspecified atom stereocenters. The maximum absolute atomic E-state index is 4.74. The van der Waals surface area contributed by atoms with Gasteiger partial charge < -0.3 is 54.4 Å². The van der Waals surface area contributed by atoms with Crippen molar-refractivity contribution in [3.05, 3.63) is 201 Å². The molecule has 0 fully saturated rings. The molecule has 0 amide bonds. The number of allylic oxidation sites excluding steroid dienone is 16. The second kappa shape index (κ2) is 16.8. The number of nitrogens with zero attached hydrogens (tertiary/aromatic N) is 8. The average Bonchev–Trinajstić information content (AvgIpc) is 4.08. The summed E-state index contributed by atoms with van der Waals surface area (Å²) in [4.78, 5) is 41.5. The van der Waals surface area contributed by atoms with E-state index in [1.807, 2.05) is 60.8 Å². The average molecular weight is 882 g/mol. The fraction of sp³-hybridized carbons (Fsp3) is 0.0800. The number of nitrogens with one attached hydrogen (secondary N) is 4. The highest BCUT2D eigenvalue weighted by Crippen LogP contribution is 2.20. The molecule has 0 atom stereocenters. The zero-order valence-electron chi connectivity index (χ0n) is 35.3. The molecule has 0 aliphatic carbocycles. The highest BCUT2D eigenvalue weighted by atomic mass is 35.5. The van der Waals surface area contributed by atoms with Crippen molar-refractivity contribution in [2.24, 2.45) is 20.0 Å². The van der Waals surface area contributed by atoms with Gasteiger partial charge in [-0.1, -0.05) is 0 Å². The number of H-pyrrole nitrogens is 2. The smallest absolute Gasteiger partial charge is 0.206 e. The van der Waals surface area contributed by atoms with Crippen LogP contribution in [-0.4, -0.2) is 92.0 Å². The molecule has 0 radical (unpaired) electrons.